The van der Waals surface area contributed by atoms with Crippen LogP contribution < -0.4 is 16.0 Å². The molecule has 2 amide bonds. The fourth-order valence-corrected chi connectivity index (χ4v) is 3.01. The van der Waals surface area contributed by atoms with Gasteiger partial charge in [-0.1, -0.05) is 31.0 Å². The summed E-state index contributed by atoms with van der Waals surface area (Å²) in [5, 5.41) is 2.75. The summed E-state index contributed by atoms with van der Waals surface area (Å²) in [5.41, 5.74) is 6.63. The maximum Gasteiger partial charge on any atom is 0.242 e. The van der Waals surface area contributed by atoms with Gasteiger partial charge in [-0.2, -0.15) is 0 Å². The molecule has 27 heavy (non-hydrogen) atoms. The van der Waals surface area contributed by atoms with Gasteiger partial charge in [-0.15, -0.1) is 24.8 Å². The van der Waals surface area contributed by atoms with Crippen molar-refractivity contribution in [3.63, 3.8) is 0 Å². The molecule has 1 fully saturated rings. The van der Waals surface area contributed by atoms with Crippen LogP contribution in [-0.2, 0) is 9.59 Å². The van der Waals surface area contributed by atoms with Crippen LogP contribution in [0.15, 0.2) is 30.3 Å². The molecular formula is C19H32Cl2N4O2. The molecule has 1 aliphatic rings. The molecule has 0 bridgehead atoms. The van der Waals surface area contributed by atoms with Gasteiger partial charge in [0.15, 0.2) is 0 Å². The highest BCUT2D eigenvalue weighted by molar-refractivity contribution is 5.86. The number of carbonyl (C=O) groups excluding carboxylic acids is 2. The fourth-order valence-electron chi connectivity index (χ4n) is 3.01. The number of benzene rings is 1. The first kappa shape index (κ1) is 25.5. The van der Waals surface area contributed by atoms with Gasteiger partial charge in [0.25, 0.3) is 0 Å². The van der Waals surface area contributed by atoms with Crippen LogP contribution in [0.5, 0.6) is 0 Å². The quantitative estimate of drug-likeness (QED) is 0.602. The molecule has 154 valence electrons. The summed E-state index contributed by atoms with van der Waals surface area (Å²) < 4.78 is 0. The van der Waals surface area contributed by atoms with E-state index in [1.165, 1.54) is 5.69 Å². The summed E-state index contributed by atoms with van der Waals surface area (Å²) in [6.45, 7) is 3.85. The molecule has 0 aliphatic carbocycles. The number of hydrogen-bond acceptors (Lipinski definition) is 4. The molecular weight excluding hydrogens is 387 g/mol. The summed E-state index contributed by atoms with van der Waals surface area (Å²) in [5.74, 6) is -0.0341. The molecule has 0 radical (unpaired) electrons. The van der Waals surface area contributed by atoms with Crippen LogP contribution >= 0.6 is 24.8 Å². The van der Waals surface area contributed by atoms with Gasteiger partial charge in [0.1, 0.15) is 0 Å². The van der Waals surface area contributed by atoms with E-state index in [1.807, 2.05) is 23.1 Å². The minimum Gasteiger partial charge on any atom is -0.368 e. The number of hydrogen-bond donors (Lipinski definition) is 2. The number of para-hydroxylation sites is 1. The lowest BCUT2D eigenvalue weighted by atomic mass is 10.1. The first-order chi connectivity index (χ1) is 12.2. The third kappa shape index (κ3) is 9.31. The molecule has 0 aromatic heterocycles. The molecule has 0 spiro atoms. The van der Waals surface area contributed by atoms with E-state index >= 15 is 0 Å². The number of carbonyl (C=O) groups is 2. The second-order valence-electron chi connectivity index (χ2n) is 6.43. The summed E-state index contributed by atoms with van der Waals surface area (Å²) in [6.07, 6.45) is 4.43. The van der Waals surface area contributed by atoms with Crippen LogP contribution in [0.2, 0.25) is 0 Å². The average molecular weight is 419 g/mol. The van der Waals surface area contributed by atoms with Crippen molar-refractivity contribution in [2.75, 3.05) is 44.2 Å². The second kappa shape index (κ2) is 14.5. The number of unbranched alkanes of at least 4 members (excludes halogenated alkanes) is 3. The van der Waals surface area contributed by atoms with Crippen molar-refractivity contribution < 1.29 is 9.59 Å². The number of nitrogens with zero attached hydrogens (tertiary/aromatic N) is 2. The van der Waals surface area contributed by atoms with Gasteiger partial charge in [-0.3, -0.25) is 9.59 Å². The van der Waals surface area contributed by atoms with Crippen molar-refractivity contribution in [1.82, 2.24) is 10.2 Å². The Bertz CT molecular complexity index is 538. The van der Waals surface area contributed by atoms with Crippen LogP contribution in [0.25, 0.3) is 0 Å². The standard InChI is InChI=1S/C19H30N4O2.2ClH/c20-11-7-2-1-6-10-18(24)21-16-19(25)23-14-12-22(13-15-23)17-8-4-3-5-9-17;;/h3-5,8-9H,1-2,6-7,10-16,20H2,(H,21,24);2*1H. The molecule has 0 atom stereocenters. The second-order valence-corrected chi connectivity index (χ2v) is 6.43. The number of rotatable bonds is 9. The Balaban J connectivity index is 0.00000338. The Kier molecular flexibility index (Phi) is 13.7. The highest BCUT2D eigenvalue weighted by atomic mass is 35.5. The molecule has 8 heteroatoms. The molecule has 1 heterocycles. The largest absolute Gasteiger partial charge is 0.368 e. The third-order valence-electron chi connectivity index (χ3n) is 4.55. The van der Waals surface area contributed by atoms with Gasteiger partial charge in [-0.05, 0) is 31.5 Å². The van der Waals surface area contributed by atoms with E-state index in [9.17, 15) is 9.59 Å². The first-order valence-electron chi connectivity index (χ1n) is 9.25. The maximum absolute atomic E-state index is 12.2. The predicted octanol–water partition coefficient (Wildman–Crippen LogP) is 2.20. The van der Waals surface area contributed by atoms with E-state index in [0.29, 0.717) is 26.1 Å². The Labute approximate surface area is 174 Å². The van der Waals surface area contributed by atoms with E-state index in [2.05, 4.69) is 22.3 Å². The summed E-state index contributed by atoms with van der Waals surface area (Å²) >= 11 is 0. The van der Waals surface area contributed by atoms with Gasteiger partial charge in [0.05, 0.1) is 6.54 Å². The van der Waals surface area contributed by atoms with Gasteiger partial charge in [0, 0.05) is 38.3 Å². The van der Waals surface area contributed by atoms with Crippen LogP contribution in [0.3, 0.4) is 0 Å². The van der Waals surface area contributed by atoms with E-state index in [-0.39, 0.29) is 43.2 Å². The van der Waals surface area contributed by atoms with Crippen molar-refractivity contribution in [3.8, 4) is 0 Å². The Hall–Kier alpha value is -1.50. The topological polar surface area (TPSA) is 78.7 Å². The van der Waals surface area contributed by atoms with Crippen molar-refractivity contribution in [2.45, 2.75) is 32.1 Å². The zero-order valence-corrected chi connectivity index (χ0v) is 17.4. The molecule has 1 saturated heterocycles. The maximum atomic E-state index is 12.2. The van der Waals surface area contributed by atoms with Crippen LogP contribution in [0, 0.1) is 0 Å². The lowest BCUT2D eigenvalue weighted by Gasteiger charge is -2.36. The monoisotopic (exact) mass is 418 g/mol. The lowest BCUT2D eigenvalue weighted by Crippen LogP contribution is -2.51. The van der Waals surface area contributed by atoms with E-state index < -0.39 is 0 Å². The normalized spacial score (nSPS) is 13.4. The lowest BCUT2D eigenvalue weighted by molar-refractivity contribution is -0.133. The fraction of sp³-hybridized carbons (Fsp3) is 0.579. The highest BCUT2D eigenvalue weighted by Crippen LogP contribution is 2.15. The molecule has 1 aromatic carbocycles. The Morgan fingerprint density at radius 1 is 0.926 bits per heavy atom. The minimum atomic E-state index is -0.0379. The van der Waals surface area contributed by atoms with Gasteiger partial charge in [0.2, 0.25) is 11.8 Å². The molecule has 3 N–H and O–H groups in total. The number of amides is 2. The van der Waals surface area contributed by atoms with E-state index in [1.54, 1.807) is 0 Å². The SMILES string of the molecule is Cl.Cl.NCCCCCCC(=O)NCC(=O)N1CCN(c2ccccc2)CC1. The molecule has 0 saturated carbocycles. The Morgan fingerprint density at radius 2 is 1.56 bits per heavy atom. The van der Waals surface area contributed by atoms with E-state index in [0.717, 1.165) is 38.8 Å². The number of nitrogens with one attached hydrogen (secondary N) is 1. The van der Waals surface area contributed by atoms with Gasteiger partial charge >= 0.3 is 0 Å². The molecule has 6 nitrogen and oxygen atoms in total. The van der Waals surface area contributed by atoms with Crippen LogP contribution in [0.1, 0.15) is 32.1 Å². The van der Waals surface area contributed by atoms with Crippen LogP contribution in [0.4, 0.5) is 5.69 Å². The first-order valence-corrected chi connectivity index (χ1v) is 9.25. The molecule has 1 aliphatic heterocycles. The number of anilines is 1. The zero-order valence-electron chi connectivity index (χ0n) is 15.8. The summed E-state index contributed by atoms with van der Waals surface area (Å²) in [4.78, 5) is 28.1. The van der Waals surface area contributed by atoms with Gasteiger partial charge < -0.3 is 20.9 Å². The van der Waals surface area contributed by atoms with E-state index in [4.69, 9.17) is 5.73 Å². The van der Waals surface area contributed by atoms with Crippen molar-refractivity contribution >= 4 is 42.3 Å². The average Bonchev–Trinajstić information content (AvgIpc) is 2.67. The van der Waals surface area contributed by atoms with Gasteiger partial charge in [-0.25, -0.2) is 0 Å². The summed E-state index contributed by atoms with van der Waals surface area (Å²) in [7, 11) is 0. The number of halogens is 2. The smallest absolute Gasteiger partial charge is 0.242 e. The number of piperazine rings is 1. The zero-order chi connectivity index (χ0) is 17.9. The van der Waals surface area contributed by atoms with Crippen molar-refractivity contribution in [3.05, 3.63) is 30.3 Å². The summed E-state index contributed by atoms with van der Waals surface area (Å²) in [6, 6.07) is 10.2. The Morgan fingerprint density at radius 3 is 2.19 bits per heavy atom. The number of nitrogens with two attached hydrogens (primary N) is 1. The highest BCUT2D eigenvalue weighted by Gasteiger charge is 2.21. The minimum absolute atomic E-state index is 0. The molecule has 2 rings (SSSR count). The van der Waals surface area contributed by atoms with Crippen LogP contribution in [-0.4, -0.2) is 56.0 Å². The third-order valence-corrected chi connectivity index (χ3v) is 4.55. The molecule has 0 unspecified atom stereocenters. The van der Waals surface area contributed by atoms with Crippen molar-refractivity contribution in [1.29, 1.82) is 0 Å². The molecule has 1 aromatic rings. The predicted molar refractivity (Wildman–Crippen MR) is 115 cm³/mol. The van der Waals surface area contributed by atoms with Crippen molar-refractivity contribution in [2.24, 2.45) is 5.73 Å².